The molecule has 2 N–H and O–H groups in total. The molecule has 1 saturated heterocycles. The summed E-state index contributed by atoms with van der Waals surface area (Å²) in [5.74, 6) is 0.727. The quantitative estimate of drug-likeness (QED) is 0.633. The molecule has 1 amide bonds. The van der Waals surface area contributed by atoms with E-state index in [9.17, 15) is 9.90 Å². The van der Waals surface area contributed by atoms with Gasteiger partial charge >= 0.3 is 0 Å². The number of nitrogens with zero attached hydrogens (tertiary/aromatic N) is 1. The molecule has 0 aromatic carbocycles. The van der Waals surface area contributed by atoms with E-state index < -0.39 is 0 Å². The summed E-state index contributed by atoms with van der Waals surface area (Å²) in [6.07, 6.45) is 2.72. The van der Waals surface area contributed by atoms with Crippen LogP contribution in [0.5, 0.6) is 0 Å². The SMILES string of the molecule is O=C1CNCCN1CC1CCC(O)C1. The normalized spacial score (nSPS) is 33.8. The molecule has 2 atom stereocenters. The maximum atomic E-state index is 11.5. The second-order valence-corrected chi connectivity index (χ2v) is 4.35. The summed E-state index contributed by atoms with van der Waals surface area (Å²) in [5, 5.41) is 12.4. The predicted molar refractivity (Wildman–Crippen MR) is 52.8 cm³/mol. The van der Waals surface area contributed by atoms with Gasteiger partial charge in [0.25, 0.3) is 0 Å². The third-order valence-electron chi connectivity index (χ3n) is 3.18. The zero-order valence-electron chi connectivity index (χ0n) is 8.41. The number of carbonyl (C=O) groups excluding carboxylic acids is 1. The lowest BCUT2D eigenvalue weighted by molar-refractivity contribution is -0.132. The van der Waals surface area contributed by atoms with Crippen LogP contribution in [0.3, 0.4) is 0 Å². The molecule has 0 aromatic heterocycles. The molecule has 2 fully saturated rings. The molecule has 80 valence electrons. The molecule has 0 radical (unpaired) electrons. The molecule has 2 aliphatic rings. The van der Waals surface area contributed by atoms with Gasteiger partial charge in [0.2, 0.25) is 5.91 Å². The molecule has 0 aromatic rings. The van der Waals surface area contributed by atoms with Crippen molar-refractivity contribution >= 4 is 5.91 Å². The van der Waals surface area contributed by atoms with E-state index in [-0.39, 0.29) is 12.0 Å². The van der Waals surface area contributed by atoms with Gasteiger partial charge < -0.3 is 15.3 Å². The van der Waals surface area contributed by atoms with Crippen LogP contribution in [0.15, 0.2) is 0 Å². The van der Waals surface area contributed by atoms with E-state index in [2.05, 4.69) is 5.32 Å². The van der Waals surface area contributed by atoms with E-state index in [1.807, 2.05) is 4.90 Å². The first-order valence-corrected chi connectivity index (χ1v) is 5.42. The highest BCUT2D eigenvalue weighted by atomic mass is 16.3. The minimum Gasteiger partial charge on any atom is -0.393 e. The minimum atomic E-state index is -0.127. The Morgan fingerprint density at radius 3 is 3.00 bits per heavy atom. The Hall–Kier alpha value is -0.610. The van der Waals surface area contributed by atoms with E-state index >= 15 is 0 Å². The van der Waals surface area contributed by atoms with Crippen molar-refractivity contribution in [3.63, 3.8) is 0 Å². The van der Waals surface area contributed by atoms with Crippen LogP contribution < -0.4 is 5.32 Å². The number of amides is 1. The van der Waals surface area contributed by atoms with Gasteiger partial charge in [0, 0.05) is 19.6 Å². The molecular formula is C10H18N2O2. The van der Waals surface area contributed by atoms with Gasteiger partial charge in [-0.1, -0.05) is 0 Å². The largest absolute Gasteiger partial charge is 0.393 e. The van der Waals surface area contributed by atoms with Crippen LogP contribution in [0, 0.1) is 5.92 Å². The van der Waals surface area contributed by atoms with Crippen molar-refractivity contribution in [1.82, 2.24) is 10.2 Å². The molecule has 14 heavy (non-hydrogen) atoms. The fraction of sp³-hybridized carbons (Fsp3) is 0.900. The van der Waals surface area contributed by atoms with Crippen molar-refractivity contribution < 1.29 is 9.90 Å². The zero-order valence-corrected chi connectivity index (χ0v) is 8.41. The Balaban J connectivity index is 1.81. The molecule has 4 heteroatoms. The van der Waals surface area contributed by atoms with Crippen LogP contribution >= 0.6 is 0 Å². The van der Waals surface area contributed by atoms with Crippen molar-refractivity contribution in [3.05, 3.63) is 0 Å². The minimum absolute atomic E-state index is 0.127. The highest BCUT2D eigenvalue weighted by Gasteiger charge is 2.27. The van der Waals surface area contributed by atoms with Gasteiger partial charge in [-0.2, -0.15) is 0 Å². The van der Waals surface area contributed by atoms with Crippen molar-refractivity contribution in [2.75, 3.05) is 26.2 Å². The molecule has 0 bridgehead atoms. The zero-order chi connectivity index (χ0) is 9.97. The van der Waals surface area contributed by atoms with Crippen molar-refractivity contribution in [2.24, 2.45) is 5.92 Å². The monoisotopic (exact) mass is 198 g/mol. The molecule has 1 aliphatic carbocycles. The Kier molecular flexibility index (Phi) is 3.03. The second-order valence-electron chi connectivity index (χ2n) is 4.35. The maximum absolute atomic E-state index is 11.5. The summed E-state index contributed by atoms with van der Waals surface area (Å²) < 4.78 is 0. The summed E-state index contributed by atoms with van der Waals surface area (Å²) in [5.41, 5.74) is 0. The van der Waals surface area contributed by atoms with E-state index in [4.69, 9.17) is 0 Å². The predicted octanol–water partition coefficient (Wildman–Crippen LogP) is -0.421. The highest BCUT2D eigenvalue weighted by molar-refractivity contribution is 5.78. The summed E-state index contributed by atoms with van der Waals surface area (Å²) in [6.45, 7) is 3.05. The van der Waals surface area contributed by atoms with Crippen molar-refractivity contribution in [2.45, 2.75) is 25.4 Å². The Labute approximate surface area is 84.3 Å². The Morgan fingerprint density at radius 2 is 2.36 bits per heavy atom. The summed E-state index contributed by atoms with van der Waals surface area (Å²) in [4.78, 5) is 13.4. The standard InChI is InChI=1S/C10H18N2O2/c13-9-2-1-8(5-9)7-12-4-3-11-6-10(12)14/h8-9,11,13H,1-7H2. The number of hydrogen-bond donors (Lipinski definition) is 2. The molecule has 4 nitrogen and oxygen atoms in total. The topological polar surface area (TPSA) is 52.6 Å². The van der Waals surface area contributed by atoms with Crippen LogP contribution in [0.1, 0.15) is 19.3 Å². The number of carbonyl (C=O) groups is 1. The third kappa shape index (κ3) is 2.25. The first kappa shape index (κ1) is 9.93. The first-order valence-electron chi connectivity index (χ1n) is 5.42. The summed E-state index contributed by atoms with van der Waals surface area (Å²) in [7, 11) is 0. The van der Waals surface area contributed by atoms with Crippen LogP contribution in [0.25, 0.3) is 0 Å². The van der Waals surface area contributed by atoms with Crippen molar-refractivity contribution in [3.8, 4) is 0 Å². The van der Waals surface area contributed by atoms with Gasteiger partial charge in [-0.25, -0.2) is 0 Å². The van der Waals surface area contributed by atoms with Gasteiger partial charge in [-0.3, -0.25) is 4.79 Å². The average Bonchev–Trinajstić information content (AvgIpc) is 2.56. The smallest absolute Gasteiger partial charge is 0.236 e. The molecule has 1 aliphatic heterocycles. The Morgan fingerprint density at radius 1 is 1.50 bits per heavy atom. The van der Waals surface area contributed by atoms with Gasteiger partial charge in [-0.05, 0) is 25.2 Å². The van der Waals surface area contributed by atoms with E-state index in [0.717, 1.165) is 38.9 Å². The molecule has 1 heterocycles. The average molecular weight is 198 g/mol. The fourth-order valence-electron chi connectivity index (χ4n) is 2.37. The molecule has 1 saturated carbocycles. The fourth-order valence-corrected chi connectivity index (χ4v) is 2.37. The van der Waals surface area contributed by atoms with Gasteiger partial charge in [0.15, 0.2) is 0 Å². The van der Waals surface area contributed by atoms with Gasteiger partial charge in [-0.15, -0.1) is 0 Å². The van der Waals surface area contributed by atoms with Crippen LogP contribution in [0.4, 0.5) is 0 Å². The van der Waals surface area contributed by atoms with E-state index in [0.29, 0.717) is 12.5 Å². The third-order valence-corrected chi connectivity index (χ3v) is 3.18. The maximum Gasteiger partial charge on any atom is 0.236 e. The number of aliphatic hydroxyl groups excluding tert-OH is 1. The van der Waals surface area contributed by atoms with Gasteiger partial charge in [0.1, 0.15) is 0 Å². The lowest BCUT2D eigenvalue weighted by atomic mass is 10.1. The van der Waals surface area contributed by atoms with Crippen LogP contribution in [0.2, 0.25) is 0 Å². The van der Waals surface area contributed by atoms with E-state index in [1.165, 1.54) is 0 Å². The first-order chi connectivity index (χ1) is 6.75. The molecule has 2 rings (SSSR count). The summed E-state index contributed by atoms with van der Waals surface area (Å²) in [6, 6.07) is 0. The lowest BCUT2D eigenvalue weighted by Gasteiger charge is -2.29. The number of nitrogens with one attached hydrogen (secondary N) is 1. The van der Waals surface area contributed by atoms with Crippen LogP contribution in [-0.4, -0.2) is 48.2 Å². The van der Waals surface area contributed by atoms with Gasteiger partial charge in [0.05, 0.1) is 12.6 Å². The highest BCUT2D eigenvalue weighted by Crippen LogP contribution is 2.26. The van der Waals surface area contributed by atoms with E-state index in [1.54, 1.807) is 0 Å². The Bertz CT molecular complexity index is 220. The second kappa shape index (κ2) is 4.28. The number of piperazine rings is 1. The molecular weight excluding hydrogens is 180 g/mol. The number of aliphatic hydroxyl groups is 1. The number of rotatable bonds is 2. The van der Waals surface area contributed by atoms with Crippen molar-refractivity contribution in [1.29, 1.82) is 0 Å². The lowest BCUT2D eigenvalue weighted by Crippen LogP contribution is -2.49. The number of hydrogen-bond acceptors (Lipinski definition) is 3. The summed E-state index contributed by atoms with van der Waals surface area (Å²) >= 11 is 0. The molecule has 2 unspecified atom stereocenters. The molecule has 0 spiro atoms. The van der Waals surface area contributed by atoms with Crippen LogP contribution in [-0.2, 0) is 4.79 Å².